The minimum Gasteiger partial charge on any atom is -0.507 e. The zero-order chi connectivity index (χ0) is 22.7. The van der Waals surface area contributed by atoms with E-state index >= 15 is 0 Å². The van der Waals surface area contributed by atoms with Crippen molar-refractivity contribution in [3.63, 3.8) is 0 Å². The van der Waals surface area contributed by atoms with Gasteiger partial charge in [0.15, 0.2) is 0 Å². The van der Waals surface area contributed by atoms with Crippen molar-refractivity contribution in [3.8, 4) is 5.75 Å². The van der Waals surface area contributed by atoms with Crippen molar-refractivity contribution in [2.45, 2.75) is 26.8 Å². The van der Waals surface area contributed by atoms with Gasteiger partial charge in [-0.15, -0.1) is 11.3 Å². The smallest absolute Gasteiger partial charge is 0.269 e. The van der Waals surface area contributed by atoms with Gasteiger partial charge < -0.3 is 15.3 Å². The molecule has 0 saturated heterocycles. The normalized spacial score (nSPS) is 15.3. The Hall–Kier alpha value is -3.16. The van der Waals surface area contributed by atoms with Gasteiger partial charge in [-0.3, -0.25) is 14.2 Å². The second-order valence-corrected chi connectivity index (χ2v) is 8.72. The quantitative estimate of drug-likeness (QED) is 0.581. The lowest BCUT2D eigenvalue weighted by Crippen LogP contribution is -2.34. The van der Waals surface area contributed by atoms with Crippen LogP contribution < -0.4 is 20.1 Å². The Bertz CT molecular complexity index is 1320. The highest BCUT2D eigenvalue weighted by molar-refractivity contribution is 7.07. The number of para-hydroxylation sites is 2. The largest absolute Gasteiger partial charge is 0.507 e. The molecule has 0 fully saturated rings. The van der Waals surface area contributed by atoms with E-state index in [9.17, 15) is 14.7 Å². The molecule has 32 heavy (non-hydrogen) atoms. The molecule has 7 heteroatoms. The van der Waals surface area contributed by atoms with Gasteiger partial charge >= 0.3 is 0 Å². The Kier molecular flexibility index (Phi) is 6.58. The molecule has 0 saturated carbocycles. The predicted octanol–water partition coefficient (Wildman–Crippen LogP) is 2.33. The highest BCUT2D eigenvalue weighted by atomic mass is 32.1. The summed E-state index contributed by atoms with van der Waals surface area (Å²) >= 11 is 1.30. The van der Waals surface area contributed by atoms with E-state index in [1.165, 1.54) is 11.3 Å². The predicted molar refractivity (Wildman–Crippen MR) is 129 cm³/mol. The highest BCUT2D eigenvalue weighted by Gasteiger charge is 2.26. The number of phenolic OH excluding ortho intramolecular Hbond substituents is 1. The van der Waals surface area contributed by atoms with Crippen molar-refractivity contribution in [2.24, 2.45) is 0 Å². The number of carbonyl (C=O) groups excluding carboxylic acids is 1. The summed E-state index contributed by atoms with van der Waals surface area (Å²) in [5.41, 5.74) is 2.54. The number of rotatable bonds is 7. The lowest BCUT2D eigenvalue weighted by atomic mass is 10.1. The van der Waals surface area contributed by atoms with Crippen LogP contribution in [-0.4, -0.2) is 40.1 Å². The molecule has 1 aliphatic heterocycles. The van der Waals surface area contributed by atoms with Crippen LogP contribution in [0.25, 0.3) is 11.6 Å². The zero-order valence-corrected chi connectivity index (χ0v) is 19.1. The molecule has 0 spiro atoms. The molecule has 1 aliphatic rings. The molecule has 6 nitrogen and oxygen atoms in total. The van der Waals surface area contributed by atoms with Crippen molar-refractivity contribution in [1.82, 2.24) is 9.47 Å². The number of hydrogen-bond acceptors (Lipinski definition) is 5. The van der Waals surface area contributed by atoms with Gasteiger partial charge in [0.05, 0.1) is 10.1 Å². The van der Waals surface area contributed by atoms with Crippen molar-refractivity contribution in [1.29, 1.82) is 0 Å². The number of thiazole rings is 1. The Labute approximate surface area is 190 Å². The number of aromatic hydroxyl groups is 1. The molecule has 0 bridgehead atoms. The second-order valence-electron chi connectivity index (χ2n) is 7.69. The molecule has 166 valence electrons. The maximum absolute atomic E-state index is 13.4. The first kappa shape index (κ1) is 22.0. The van der Waals surface area contributed by atoms with Crippen LogP contribution in [0, 0.1) is 0 Å². The monoisotopic (exact) mass is 449 g/mol. The van der Waals surface area contributed by atoms with Crippen LogP contribution in [0.4, 0.5) is 5.69 Å². The summed E-state index contributed by atoms with van der Waals surface area (Å²) in [6.45, 7) is 7.57. The average Bonchev–Trinajstić information content (AvgIpc) is 3.28. The maximum atomic E-state index is 13.4. The van der Waals surface area contributed by atoms with Crippen molar-refractivity contribution in [2.75, 3.05) is 25.0 Å². The first-order valence-corrected chi connectivity index (χ1v) is 11.7. The minimum atomic E-state index is -0.195. The number of carbonyl (C=O) groups is 1. The third kappa shape index (κ3) is 4.26. The fourth-order valence-electron chi connectivity index (χ4n) is 3.98. The van der Waals surface area contributed by atoms with Crippen LogP contribution in [0.15, 0.2) is 53.3 Å². The van der Waals surface area contributed by atoms with Gasteiger partial charge in [0.2, 0.25) is 0 Å². The summed E-state index contributed by atoms with van der Waals surface area (Å²) in [5.74, 6) is -0.0782. The molecule has 1 amide bonds. The molecule has 2 N–H and O–H groups in total. The molecule has 4 rings (SSSR count). The maximum Gasteiger partial charge on any atom is 0.269 e. The van der Waals surface area contributed by atoms with Crippen LogP contribution in [0.3, 0.4) is 0 Å². The summed E-state index contributed by atoms with van der Waals surface area (Å²) in [6, 6.07) is 14.5. The van der Waals surface area contributed by atoms with Gasteiger partial charge in [0.1, 0.15) is 10.4 Å². The number of benzene rings is 2. The fourth-order valence-corrected chi connectivity index (χ4v) is 5.16. The van der Waals surface area contributed by atoms with E-state index < -0.39 is 0 Å². The lowest BCUT2D eigenvalue weighted by molar-refractivity contribution is -0.110. The van der Waals surface area contributed by atoms with Crippen molar-refractivity contribution >= 4 is 34.6 Å². The van der Waals surface area contributed by atoms with Gasteiger partial charge in [-0.1, -0.05) is 50.2 Å². The summed E-state index contributed by atoms with van der Waals surface area (Å²) in [5, 5.41) is 13.1. The van der Waals surface area contributed by atoms with E-state index in [1.807, 2.05) is 30.3 Å². The number of phenols is 1. The Morgan fingerprint density at radius 1 is 1.06 bits per heavy atom. The highest BCUT2D eigenvalue weighted by Crippen LogP contribution is 2.29. The second kappa shape index (κ2) is 9.54. The van der Waals surface area contributed by atoms with E-state index in [0.717, 1.165) is 37.3 Å². The van der Waals surface area contributed by atoms with Gasteiger partial charge in [-0.2, -0.15) is 0 Å². The van der Waals surface area contributed by atoms with Crippen molar-refractivity contribution in [3.05, 3.63) is 79.2 Å². The van der Waals surface area contributed by atoms with Crippen LogP contribution >= 0.6 is 11.3 Å². The van der Waals surface area contributed by atoms with Crippen LogP contribution in [-0.2, 0) is 11.3 Å². The van der Waals surface area contributed by atoms with Gasteiger partial charge in [-0.05, 0) is 44.3 Å². The van der Waals surface area contributed by atoms with Crippen LogP contribution in [0.2, 0.25) is 0 Å². The third-order valence-corrected chi connectivity index (χ3v) is 6.90. The number of amides is 1. The van der Waals surface area contributed by atoms with Gasteiger partial charge in [-0.25, -0.2) is 0 Å². The topological polar surface area (TPSA) is 74.6 Å². The van der Waals surface area contributed by atoms with E-state index in [4.69, 9.17) is 0 Å². The number of nitrogens with zero attached hydrogens (tertiary/aromatic N) is 2. The first-order valence-electron chi connectivity index (χ1n) is 10.9. The zero-order valence-electron chi connectivity index (χ0n) is 18.3. The SMILES string of the molecule is CCN(CC)CCCn1c(=O)/c(=C/c2ccccc2O)s/c1=C1/C(=O)Nc2ccccc21. The van der Waals surface area contributed by atoms with E-state index in [2.05, 4.69) is 24.1 Å². The molecular formula is C25H27N3O3S. The number of anilines is 1. The molecule has 0 unspecified atom stereocenters. The van der Waals surface area contributed by atoms with Gasteiger partial charge in [0.25, 0.3) is 11.5 Å². The van der Waals surface area contributed by atoms with Crippen molar-refractivity contribution < 1.29 is 9.90 Å². The third-order valence-electron chi connectivity index (χ3n) is 5.77. The minimum absolute atomic E-state index is 0.117. The first-order chi connectivity index (χ1) is 15.5. The van der Waals surface area contributed by atoms with E-state index in [0.29, 0.717) is 26.9 Å². The molecule has 0 atom stereocenters. The molecule has 3 aromatic rings. The van der Waals surface area contributed by atoms with Crippen LogP contribution in [0.5, 0.6) is 5.75 Å². The molecule has 2 aromatic carbocycles. The summed E-state index contributed by atoms with van der Waals surface area (Å²) in [6.07, 6.45) is 2.50. The van der Waals surface area contributed by atoms with Crippen LogP contribution in [0.1, 0.15) is 31.4 Å². The average molecular weight is 450 g/mol. The number of hydrogen-bond donors (Lipinski definition) is 2. The van der Waals surface area contributed by atoms with E-state index in [-0.39, 0.29) is 17.2 Å². The molecule has 0 aliphatic carbocycles. The standard InChI is InChI=1S/C25H27N3O3S/c1-3-27(4-2)14-9-15-28-24(31)21(16-17-10-5-8-13-20(17)29)32-25(28)22-18-11-6-7-12-19(18)26-23(22)30/h5-8,10-13,16,29H,3-4,9,14-15H2,1-2H3,(H,26,30)/b21-16-,25-22+. The molecule has 2 heterocycles. The van der Waals surface area contributed by atoms with Gasteiger partial charge in [0, 0.05) is 23.4 Å². The summed E-state index contributed by atoms with van der Waals surface area (Å²) in [7, 11) is 0. The number of nitrogens with one attached hydrogen (secondary N) is 1. The lowest BCUT2D eigenvalue weighted by Gasteiger charge is -2.17. The molecule has 1 aromatic heterocycles. The Morgan fingerprint density at radius 2 is 1.78 bits per heavy atom. The number of fused-ring (bicyclic) bond motifs is 1. The Morgan fingerprint density at radius 3 is 2.53 bits per heavy atom. The fraction of sp³-hybridized carbons (Fsp3) is 0.280. The molecule has 0 radical (unpaired) electrons. The van der Waals surface area contributed by atoms with E-state index in [1.54, 1.807) is 28.8 Å². The number of aromatic nitrogens is 1. The summed E-state index contributed by atoms with van der Waals surface area (Å²) in [4.78, 5) is 28.6. The summed E-state index contributed by atoms with van der Waals surface area (Å²) < 4.78 is 2.87. The molecular weight excluding hydrogens is 422 g/mol. The Balaban J connectivity index is 1.88.